The smallest absolute Gasteiger partial charge is 0.257 e. The molecule has 8 heteroatoms. The summed E-state index contributed by atoms with van der Waals surface area (Å²) in [6.45, 7) is 4.81. The molecule has 0 bridgehead atoms. The molecule has 1 aromatic carbocycles. The highest BCUT2D eigenvalue weighted by molar-refractivity contribution is 7.89. The second-order valence-corrected chi connectivity index (χ2v) is 7.23. The van der Waals surface area contributed by atoms with Crippen LogP contribution < -0.4 is 9.46 Å². The number of hydrogen-bond donors (Lipinski definition) is 1. The molecule has 0 atom stereocenters. The van der Waals surface area contributed by atoms with Crippen LogP contribution in [0, 0.1) is 0 Å². The van der Waals surface area contributed by atoms with E-state index in [1.807, 2.05) is 7.05 Å². The van der Waals surface area contributed by atoms with Gasteiger partial charge in [-0.15, -0.1) is 0 Å². The Labute approximate surface area is 137 Å². The van der Waals surface area contributed by atoms with Gasteiger partial charge < -0.3 is 14.5 Å². The first-order valence-corrected chi connectivity index (χ1v) is 9.03. The zero-order chi connectivity index (χ0) is 17.0. The Hall–Kier alpha value is -1.64. The van der Waals surface area contributed by atoms with Crippen molar-refractivity contribution in [3.8, 4) is 5.75 Å². The molecule has 0 aromatic heterocycles. The van der Waals surface area contributed by atoms with E-state index < -0.39 is 10.0 Å². The normalized spacial score (nSPS) is 16.4. The van der Waals surface area contributed by atoms with Gasteiger partial charge in [0.25, 0.3) is 5.91 Å². The Bertz CT molecular complexity index is 667. The fourth-order valence-corrected chi connectivity index (χ4v) is 3.54. The van der Waals surface area contributed by atoms with Gasteiger partial charge in [-0.05, 0) is 25.2 Å². The zero-order valence-electron chi connectivity index (χ0n) is 13.7. The van der Waals surface area contributed by atoms with Crippen LogP contribution in [0.4, 0.5) is 0 Å². The molecular formula is C15H23N3O4S. The van der Waals surface area contributed by atoms with E-state index in [9.17, 15) is 13.2 Å². The first-order chi connectivity index (χ1) is 10.9. The molecule has 23 heavy (non-hydrogen) atoms. The number of rotatable bonds is 5. The van der Waals surface area contributed by atoms with Crippen LogP contribution in [-0.2, 0) is 10.0 Å². The van der Waals surface area contributed by atoms with Crippen LogP contribution in [0.15, 0.2) is 23.1 Å². The summed E-state index contributed by atoms with van der Waals surface area (Å²) in [4.78, 5) is 16.7. The summed E-state index contributed by atoms with van der Waals surface area (Å²) in [7, 11) is -0.143. The van der Waals surface area contributed by atoms with Gasteiger partial charge >= 0.3 is 0 Å². The average molecular weight is 341 g/mol. The molecule has 1 saturated heterocycles. The number of hydrogen-bond acceptors (Lipinski definition) is 5. The Morgan fingerprint density at radius 2 is 1.91 bits per heavy atom. The number of benzene rings is 1. The summed E-state index contributed by atoms with van der Waals surface area (Å²) in [6.07, 6.45) is 0. The molecule has 2 rings (SSSR count). The van der Waals surface area contributed by atoms with Crippen molar-refractivity contribution in [2.24, 2.45) is 0 Å². The maximum Gasteiger partial charge on any atom is 0.257 e. The molecule has 1 aliphatic rings. The van der Waals surface area contributed by atoms with Gasteiger partial charge in [0, 0.05) is 32.7 Å². The van der Waals surface area contributed by atoms with E-state index in [2.05, 4.69) is 9.62 Å². The van der Waals surface area contributed by atoms with Crippen LogP contribution in [0.1, 0.15) is 17.3 Å². The van der Waals surface area contributed by atoms with Crippen LogP contribution in [0.2, 0.25) is 0 Å². The molecule has 1 N–H and O–H groups in total. The van der Waals surface area contributed by atoms with Gasteiger partial charge in [-0.3, -0.25) is 4.79 Å². The van der Waals surface area contributed by atoms with Crippen molar-refractivity contribution in [1.29, 1.82) is 0 Å². The fourth-order valence-electron chi connectivity index (χ4n) is 2.47. The van der Waals surface area contributed by atoms with Crippen molar-refractivity contribution < 1.29 is 17.9 Å². The van der Waals surface area contributed by atoms with Gasteiger partial charge in [-0.1, -0.05) is 6.92 Å². The minimum Gasteiger partial charge on any atom is -0.496 e. The van der Waals surface area contributed by atoms with Gasteiger partial charge in [0.1, 0.15) is 5.75 Å². The number of carbonyl (C=O) groups excluding carboxylic acids is 1. The van der Waals surface area contributed by atoms with Crippen LogP contribution in [0.5, 0.6) is 5.75 Å². The predicted octanol–water partition coefficient (Wildman–Crippen LogP) is 0.381. The first kappa shape index (κ1) is 17.7. The molecule has 1 amide bonds. The van der Waals surface area contributed by atoms with Gasteiger partial charge in [0.2, 0.25) is 10.0 Å². The van der Waals surface area contributed by atoms with Crippen molar-refractivity contribution >= 4 is 15.9 Å². The van der Waals surface area contributed by atoms with E-state index in [1.54, 1.807) is 11.8 Å². The van der Waals surface area contributed by atoms with E-state index in [1.165, 1.54) is 25.3 Å². The topological polar surface area (TPSA) is 78.9 Å². The number of ether oxygens (including phenoxy) is 1. The number of methoxy groups -OCH3 is 1. The highest BCUT2D eigenvalue weighted by Crippen LogP contribution is 2.24. The second-order valence-electron chi connectivity index (χ2n) is 5.46. The number of amides is 1. The van der Waals surface area contributed by atoms with E-state index >= 15 is 0 Å². The third-order valence-corrected chi connectivity index (χ3v) is 5.38. The van der Waals surface area contributed by atoms with Crippen LogP contribution in [0.25, 0.3) is 0 Å². The van der Waals surface area contributed by atoms with Crippen molar-refractivity contribution in [3.05, 3.63) is 23.8 Å². The zero-order valence-corrected chi connectivity index (χ0v) is 14.5. The highest BCUT2D eigenvalue weighted by Gasteiger charge is 2.25. The first-order valence-electron chi connectivity index (χ1n) is 7.54. The summed E-state index contributed by atoms with van der Waals surface area (Å²) < 4.78 is 31.9. The molecule has 1 aliphatic heterocycles. The molecule has 0 saturated carbocycles. The maximum absolute atomic E-state index is 12.7. The molecular weight excluding hydrogens is 318 g/mol. The minimum atomic E-state index is -3.62. The molecule has 0 unspecified atom stereocenters. The number of piperazine rings is 1. The van der Waals surface area contributed by atoms with Crippen LogP contribution in [-0.4, -0.2) is 71.0 Å². The number of nitrogens with zero attached hydrogens (tertiary/aromatic N) is 2. The Morgan fingerprint density at radius 1 is 1.26 bits per heavy atom. The quantitative estimate of drug-likeness (QED) is 0.838. The Morgan fingerprint density at radius 3 is 2.48 bits per heavy atom. The van der Waals surface area contributed by atoms with Gasteiger partial charge in [0.15, 0.2) is 0 Å². The van der Waals surface area contributed by atoms with E-state index in [4.69, 9.17) is 4.74 Å². The number of nitrogens with one attached hydrogen (secondary N) is 1. The number of sulfonamides is 1. The Balaban J connectivity index is 2.34. The standard InChI is InChI=1S/C15H23N3O4S/c1-4-16-23(20,21)12-5-6-14(22-3)13(11-12)15(19)18-9-7-17(2)8-10-18/h5-6,11,16H,4,7-10H2,1-3H3. The molecule has 0 aliphatic carbocycles. The van der Waals surface area contributed by atoms with Crippen molar-refractivity contribution in [2.45, 2.75) is 11.8 Å². The lowest BCUT2D eigenvalue weighted by atomic mass is 10.1. The fraction of sp³-hybridized carbons (Fsp3) is 0.533. The SMILES string of the molecule is CCNS(=O)(=O)c1ccc(OC)c(C(=O)N2CCN(C)CC2)c1. The number of carbonyl (C=O) groups is 1. The maximum atomic E-state index is 12.7. The van der Waals surface area contributed by atoms with Gasteiger partial charge in [-0.25, -0.2) is 13.1 Å². The van der Waals surface area contributed by atoms with Crippen LogP contribution >= 0.6 is 0 Å². The Kier molecular flexibility index (Phi) is 5.61. The van der Waals surface area contributed by atoms with Crippen molar-refractivity contribution in [3.63, 3.8) is 0 Å². The molecule has 0 spiro atoms. The lowest BCUT2D eigenvalue weighted by molar-refractivity contribution is 0.0660. The third kappa shape index (κ3) is 4.01. The molecule has 1 fully saturated rings. The molecule has 7 nitrogen and oxygen atoms in total. The van der Waals surface area contributed by atoms with Gasteiger partial charge in [0.05, 0.1) is 17.6 Å². The molecule has 1 aromatic rings. The summed E-state index contributed by atoms with van der Waals surface area (Å²) in [5.74, 6) is 0.174. The lowest BCUT2D eigenvalue weighted by Crippen LogP contribution is -2.47. The van der Waals surface area contributed by atoms with E-state index in [0.29, 0.717) is 18.8 Å². The summed E-state index contributed by atoms with van der Waals surface area (Å²) in [6, 6.07) is 4.35. The lowest BCUT2D eigenvalue weighted by Gasteiger charge is -2.32. The molecule has 128 valence electrons. The van der Waals surface area contributed by atoms with Gasteiger partial charge in [-0.2, -0.15) is 0 Å². The molecule has 1 heterocycles. The van der Waals surface area contributed by atoms with E-state index in [-0.39, 0.29) is 22.9 Å². The predicted molar refractivity (Wildman–Crippen MR) is 87.3 cm³/mol. The van der Waals surface area contributed by atoms with E-state index in [0.717, 1.165) is 13.1 Å². The summed E-state index contributed by atoms with van der Waals surface area (Å²) in [5.41, 5.74) is 0.274. The highest BCUT2D eigenvalue weighted by atomic mass is 32.2. The summed E-state index contributed by atoms with van der Waals surface area (Å²) in [5, 5.41) is 0. The number of likely N-dealkylation sites (N-methyl/N-ethyl adjacent to an activating group) is 1. The third-order valence-electron chi connectivity index (χ3n) is 3.84. The minimum absolute atomic E-state index is 0.0672. The summed E-state index contributed by atoms with van der Waals surface area (Å²) >= 11 is 0. The monoisotopic (exact) mass is 341 g/mol. The van der Waals surface area contributed by atoms with Crippen molar-refractivity contribution in [1.82, 2.24) is 14.5 Å². The van der Waals surface area contributed by atoms with Crippen LogP contribution in [0.3, 0.4) is 0 Å². The second kappa shape index (κ2) is 7.29. The molecule has 0 radical (unpaired) electrons. The largest absolute Gasteiger partial charge is 0.496 e. The van der Waals surface area contributed by atoms with Crippen molar-refractivity contribution in [2.75, 3.05) is 46.9 Å². The average Bonchev–Trinajstić information content (AvgIpc) is 2.54.